The second kappa shape index (κ2) is 6.93. The van der Waals surface area contributed by atoms with E-state index in [1.807, 2.05) is 0 Å². The molecule has 0 aliphatic heterocycles. The molecule has 0 saturated carbocycles. The fraction of sp³-hybridized carbons (Fsp3) is 0.235. The highest BCUT2D eigenvalue weighted by Gasteiger charge is 2.14. The number of aromatic nitrogens is 1. The molecule has 0 aliphatic carbocycles. The second-order valence-corrected chi connectivity index (χ2v) is 5.14. The number of hydrogen-bond donors (Lipinski definition) is 0. The first-order valence-corrected chi connectivity index (χ1v) is 6.94. The van der Waals surface area contributed by atoms with Crippen LogP contribution in [0.3, 0.4) is 0 Å². The van der Waals surface area contributed by atoms with Crippen LogP contribution < -0.4 is 4.57 Å². The van der Waals surface area contributed by atoms with Crippen molar-refractivity contribution >= 4 is 11.8 Å². The number of nitrogens with zero attached hydrogens (tertiary/aromatic N) is 1. The summed E-state index contributed by atoms with van der Waals surface area (Å²) in [6, 6.07) is 8.61. The van der Waals surface area contributed by atoms with Gasteiger partial charge in [0.2, 0.25) is 12.3 Å². The van der Waals surface area contributed by atoms with Gasteiger partial charge in [-0.1, -0.05) is 0 Å². The molecule has 0 N–H and O–H groups in total. The van der Waals surface area contributed by atoms with E-state index < -0.39 is 5.97 Å². The van der Waals surface area contributed by atoms with Crippen molar-refractivity contribution in [2.45, 2.75) is 26.5 Å². The molecule has 4 nitrogen and oxygen atoms in total. The summed E-state index contributed by atoms with van der Waals surface area (Å²) in [6.45, 7) is 3.68. The van der Waals surface area contributed by atoms with Gasteiger partial charge in [-0.3, -0.25) is 4.79 Å². The van der Waals surface area contributed by atoms with Gasteiger partial charge in [-0.15, -0.1) is 0 Å². The van der Waals surface area contributed by atoms with Crippen molar-refractivity contribution in [3.05, 3.63) is 65.7 Å². The van der Waals surface area contributed by atoms with E-state index in [1.54, 1.807) is 42.9 Å². The van der Waals surface area contributed by atoms with E-state index >= 15 is 0 Å². The van der Waals surface area contributed by atoms with Gasteiger partial charge in [0.15, 0.2) is 12.4 Å². The number of halogens is 1. The van der Waals surface area contributed by atoms with Crippen LogP contribution in [0.25, 0.3) is 0 Å². The predicted octanol–water partition coefficient (Wildman–Crippen LogP) is 2.56. The number of Topliss-reactive ketones (excluding diaryl/α,β-unsaturated/α-hetero) is 1. The van der Waals surface area contributed by atoms with Gasteiger partial charge < -0.3 is 4.74 Å². The van der Waals surface area contributed by atoms with Crippen molar-refractivity contribution in [2.75, 3.05) is 0 Å². The second-order valence-electron chi connectivity index (χ2n) is 5.14. The van der Waals surface area contributed by atoms with E-state index in [0.29, 0.717) is 11.1 Å². The Labute approximate surface area is 128 Å². The van der Waals surface area contributed by atoms with Gasteiger partial charge in [0, 0.05) is 17.7 Å². The lowest BCUT2D eigenvalue weighted by Crippen LogP contribution is -2.37. The number of ether oxygens (including phenoxy) is 1. The largest absolute Gasteiger partial charge is 0.459 e. The molecule has 1 aromatic heterocycles. The van der Waals surface area contributed by atoms with Gasteiger partial charge in [0.25, 0.3) is 0 Å². The highest BCUT2D eigenvalue weighted by atomic mass is 19.1. The zero-order chi connectivity index (χ0) is 16.1. The molecule has 2 aromatic rings. The van der Waals surface area contributed by atoms with Gasteiger partial charge in [-0.2, -0.15) is 4.57 Å². The summed E-state index contributed by atoms with van der Waals surface area (Å²) >= 11 is 0. The third-order valence-electron chi connectivity index (χ3n) is 2.96. The Morgan fingerprint density at radius 2 is 1.64 bits per heavy atom. The predicted molar refractivity (Wildman–Crippen MR) is 77.9 cm³/mol. The van der Waals surface area contributed by atoms with Crippen LogP contribution in [-0.2, 0) is 11.3 Å². The summed E-state index contributed by atoms with van der Waals surface area (Å²) in [4.78, 5) is 23.8. The van der Waals surface area contributed by atoms with Gasteiger partial charge >= 0.3 is 5.97 Å². The third kappa shape index (κ3) is 4.22. The first kappa shape index (κ1) is 15.8. The summed E-state index contributed by atoms with van der Waals surface area (Å²) in [5, 5.41) is 0. The molecular formula is C17H17FNO3+. The van der Waals surface area contributed by atoms with Crippen molar-refractivity contribution in [1.82, 2.24) is 0 Å². The van der Waals surface area contributed by atoms with Crippen molar-refractivity contribution < 1.29 is 23.3 Å². The van der Waals surface area contributed by atoms with Gasteiger partial charge in [-0.05, 0) is 38.1 Å². The first-order chi connectivity index (χ1) is 10.5. The standard InChI is InChI=1S/C17H17FNO3/c1-12(2)22-17(21)14-7-9-19(10-8-14)11-16(20)13-3-5-15(18)6-4-13/h3-10,12H,11H2,1-2H3/q+1. The monoisotopic (exact) mass is 302 g/mol. The number of ketones is 1. The molecule has 5 heteroatoms. The number of rotatable bonds is 5. The maximum atomic E-state index is 12.8. The summed E-state index contributed by atoms with van der Waals surface area (Å²) in [7, 11) is 0. The number of esters is 1. The van der Waals surface area contributed by atoms with E-state index in [0.717, 1.165) is 0 Å². The van der Waals surface area contributed by atoms with Gasteiger partial charge in [0.1, 0.15) is 5.82 Å². The Balaban J connectivity index is 2.03. The zero-order valence-corrected chi connectivity index (χ0v) is 12.5. The molecule has 0 fully saturated rings. The molecule has 22 heavy (non-hydrogen) atoms. The van der Waals surface area contributed by atoms with Crippen molar-refractivity contribution in [3.63, 3.8) is 0 Å². The molecule has 1 aromatic carbocycles. The summed E-state index contributed by atoms with van der Waals surface area (Å²) in [5.74, 6) is -0.910. The molecule has 0 spiro atoms. The fourth-order valence-corrected chi connectivity index (χ4v) is 1.87. The van der Waals surface area contributed by atoms with E-state index in [4.69, 9.17) is 4.74 Å². The quantitative estimate of drug-likeness (QED) is 0.484. The maximum Gasteiger partial charge on any atom is 0.338 e. The highest BCUT2D eigenvalue weighted by Crippen LogP contribution is 2.05. The lowest BCUT2D eigenvalue weighted by molar-refractivity contribution is -0.683. The molecule has 1 heterocycles. The van der Waals surface area contributed by atoms with Crippen molar-refractivity contribution in [2.24, 2.45) is 0 Å². The van der Waals surface area contributed by atoms with Crippen LogP contribution in [0.15, 0.2) is 48.8 Å². The third-order valence-corrected chi connectivity index (χ3v) is 2.96. The molecule has 0 aliphatic rings. The Hall–Kier alpha value is -2.56. The number of carbonyl (C=O) groups excluding carboxylic acids is 2. The number of pyridine rings is 1. The molecule has 0 radical (unpaired) electrons. The summed E-state index contributed by atoms with van der Waals surface area (Å²) in [5.41, 5.74) is 0.872. The highest BCUT2D eigenvalue weighted by molar-refractivity contribution is 5.95. The lowest BCUT2D eigenvalue weighted by Gasteiger charge is -2.06. The van der Waals surface area contributed by atoms with E-state index in [2.05, 4.69) is 0 Å². The van der Waals surface area contributed by atoms with E-state index in [9.17, 15) is 14.0 Å². The molecular weight excluding hydrogens is 285 g/mol. The minimum atomic E-state index is -0.396. The van der Waals surface area contributed by atoms with Crippen LogP contribution in [-0.4, -0.2) is 17.9 Å². The molecule has 0 amide bonds. The Kier molecular flexibility index (Phi) is 4.99. The average molecular weight is 302 g/mol. The van der Waals surface area contributed by atoms with Crippen molar-refractivity contribution in [1.29, 1.82) is 0 Å². The Morgan fingerprint density at radius 1 is 1.05 bits per heavy atom. The summed E-state index contributed by atoms with van der Waals surface area (Å²) < 4.78 is 19.6. The van der Waals surface area contributed by atoms with Crippen LogP contribution in [0.5, 0.6) is 0 Å². The lowest BCUT2D eigenvalue weighted by atomic mass is 10.1. The fourth-order valence-electron chi connectivity index (χ4n) is 1.87. The average Bonchev–Trinajstić information content (AvgIpc) is 2.48. The van der Waals surface area contributed by atoms with Crippen LogP contribution in [0, 0.1) is 5.82 Å². The normalized spacial score (nSPS) is 10.5. The maximum absolute atomic E-state index is 12.8. The minimum absolute atomic E-state index is 0.116. The number of carbonyl (C=O) groups is 2. The molecule has 114 valence electrons. The minimum Gasteiger partial charge on any atom is -0.459 e. The SMILES string of the molecule is CC(C)OC(=O)c1cc[n+](CC(=O)c2ccc(F)cc2)cc1. The van der Waals surface area contributed by atoms with Crippen LogP contribution in [0.4, 0.5) is 4.39 Å². The molecule has 0 bridgehead atoms. The summed E-state index contributed by atoms with van der Waals surface area (Å²) in [6.07, 6.45) is 3.09. The molecule has 0 atom stereocenters. The van der Waals surface area contributed by atoms with Gasteiger partial charge in [-0.25, -0.2) is 9.18 Å². The molecule has 0 saturated heterocycles. The van der Waals surface area contributed by atoms with Crippen LogP contribution in [0.2, 0.25) is 0 Å². The molecule has 2 rings (SSSR count). The first-order valence-electron chi connectivity index (χ1n) is 6.94. The van der Waals surface area contributed by atoms with Gasteiger partial charge in [0.05, 0.1) is 11.7 Å². The Morgan fingerprint density at radius 3 is 2.18 bits per heavy atom. The van der Waals surface area contributed by atoms with Crippen LogP contribution in [0.1, 0.15) is 34.6 Å². The topological polar surface area (TPSA) is 47.2 Å². The Bertz CT molecular complexity index is 663. The number of benzene rings is 1. The number of hydrogen-bond acceptors (Lipinski definition) is 3. The van der Waals surface area contributed by atoms with Crippen molar-refractivity contribution in [3.8, 4) is 0 Å². The van der Waals surface area contributed by atoms with E-state index in [-0.39, 0.29) is 24.2 Å². The molecule has 0 unspecified atom stereocenters. The zero-order valence-electron chi connectivity index (χ0n) is 12.5. The smallest absolute Gasteiger partial charge is 0.338 e. The van der Waals surface area contributed by atoms with Crippen LogP contribution >= 0.6 is 0 Å². The van der Waals surface area contributed by atoms with E-state index in [1.165, 1.54) is 24.3 Å².